The van der Waals surface area contributed by atoms with E-state index in [2.05, 4.69) is 24.1 Å². The Morgan fingerprint density at radius 1 is 1.28 bits per heavy atom. The molecule has 3 heteroatoms. The lowest BCUT2D eigenvalue weighted by Gasteiger charge is -2.13. The van der Waals surface area contributed by atoms with Gasteiger partial charge in [0, 0.05) is 18.7 Å². The molecule has 0 amide bonds. The molecule has 1 aromatic heterocycles. The molecule has 3 nitrogen and oxygen atoms in total. The second kappa shape index (κ2) is 8.92. The summed E-state index contributed by atoms with van der Waals surface area (Å²) in [5.74, 6) is 0.685. The number of aromatic nitrogens is 1. The maximum Gasteiger partial charge on any atom is 0.213 e. The first kappa shape index (κ1) is 15.0. The van der Waals surface area contributed by atoms with E-state index in [1.54, 1.807) is 7.11 Å². The van der Waals surface area contributed by atoms with Crippen LogP contribution < -0.4 is 10.1 Å². The van der Waals surface area contributed by atoms with Crippen molar-refractivity contribution in [2.24, 2.45) is 0 Å². The lowest BCUT2D eigenvalue weighted by Crippen LogP contribution is -2.25. The topological polar surface area (TPSA) is 34.1 Å². The molecule has 0 aromatic carbocycles. The zero-order valence-electron chi connectivity index (χ0n) is 11.9. The molecule has 18 heavy (non-hydrogen) atoms. The normalized spacial score (nSPS) is 12.4. The standard InChI is InChI=1S/C15H26N2O/c1-4-5-6-7-9-13(2)16-12-14-10-8-11-15(17-14)18-3/h8,10-11,13,16H,4-7,9,12H2,1-3H3. The van der Waals surface area contributed by atoms with Gasteiger partial charge in [0.25, 0.3) is 0 Å². The van der Waals surface area contributed by atoms with Crippen LogP contribution in [-0.2, 0) is 6.54 Å². The van der Waals surface area contributed by atoms with Crippen LogP contribution in [0.3, 0.4) is 0 Å². The summed E-state index contributed by atoms with van der Waals surface area (Å²) in [6.07, 6.45) is 6.55. The summed E-state index contributed by atoms with van der Waals surface area (Å²) in [6, 6.07) is 6.43. The molecule has 0 bridgehead atoms. The average molecular weight is 250 g/mol. The third kappa shape index (κ3) is 6.01. The lowest BCUT2D eigenvalue weighted by atomic mass is 10.1. The predicted molar refractivity (Wildman–Crippen MR) is 75.8 cm³/mol. The number of nitrogens with one attached hydrogen (secondary N) is 1. The monoisotopic (exact) mass is 250 g/mol. The molecule has 0 radical (unpaired) electrons. The van der Waals surface area contributed by atoms with Crippen LogP contribution in [0.4, 0.5) is 0 Å². The quantitative estimate of drug-likeness (QED) is 0.681. The molecular weight excluding hydrogens is 224 g/mol. The molecule has 0 aliphatic rings. The van der Waals surface area contributed by atoms with Gasteiger partial charge in [0.05, 0.1) is 12.8 Å². The van der Waals surface area contributed by atoms with Crippen LogP contribution in [-0.4, -0.2) is 18.1 Å². The SMILES string of the molecule is CCCCCCC(C)NCc1cccc(OC)n1. The summed E-state index contributed by atoms with van der Waals surface area (Å²) in [4.78, 5) is 4.39. The summed E-state index contributed by atoms with van der Waals surface area (Å²) in [5, 5.41) is 3.51. The van der Waals surface area contributed by atoms with Crippen molar-refractivity contribution < 1.29 is 4.74 Å². The van der Waals surface area contributed by atoms with Crippen LogP contribution in [0.15, 0.2) is 18.2 Å². The maximum absolute atomic E-state index is 5.11. The molecule has 102 valence electrons. The molecule has 1 aromatic rings. The van der Waals surface area contributed by atoms with Gasteiger partial charge in [-0.25, -0.2) is 4.98 Å². The highest BCUT2D eigenvalue weighted by atomic mass is 16.5. The van der Waals surface area contributed by atoms with Crippen LogP contribution in [0.2, 0.25) is 0 Å². The largest absolute Gasteiger partial charge is 0.481 e. The van der Waals surface area contributed by atoms with Crippen molar-refractivity contribution in [2.75, 3.05) is 7.11 Å². The molecule has 0 aliphatic heterocycles. The summed E-state index contributed by atoms with van der Waals surface area (Å²) in [6.45, 7) is 5.30. The van der Waals surface area contributed by atoms with Crippen molar-refractivity contribution in [3.8, 4) is 5.88 Å². The number of unbranched alkanes of at least 4 members (excludes halogenated alkanes) is 3. The first-order chi connectivity index (χ1) is 8.76. The first-order valence-corrected chi connectivity index (χ1v) is 6.99. The third-order valence-corrected chi connectivity index (χ3v) is 3.11. The van der Waals surface area contributed by atoms with Crippen LogP contribution in [0.1, 0.15) is 51.6 Å². The third-order valence-electron chi connectivity index (χ3n) is 3.11. The Hall–Kier alpha value is -1.09. The van der Waals surface area contributed by atoms with Gasteiger partial charge in [-0.2, -0.15) is 0 Å². The number of pyridine rings is 1. The van der Waals surface area contributed by atoms with Gasteiger partial charge in [0.1, 0.15) is 0 Å². The smallest absolute Gasteiger partial charge is 0.213 e. The van der Waals surface area contributed by atoms with E-state index in [1.165, 1.54) is 32.1 Å². The molecule has 1 unspecified atom stereocenters. The molecule has 1 N–H and O–H groups in total. The van der Waals surface area contributed by atoms with Gasteiger partial charge < -0.3 is 10.1 Å². The Bertz CT molecular complexity index is 328. The van der Waals surface area contributed by atoms with Gasteiger partial charge in [0.15, 0.2) is 0 Å². The minimum Gasteiger partial charge on any atom is -0.481 e. The summed E-state index contributed by atoms with van der Waals surface area (Å²) in [7, 11) is 1.65. The summed E-state index contributed by atoms with van der Waals surface area (Å²) < 4.78 is 5.11. The molecule has 1 atom stereocenters. The van der Waals surface area contributed by atoms with Crippen molar-refractivity contribution in [1.29, 1.82) is 0 Å². The molecule has 0 saturated carbocycles. The highest BCUT2D eigenvalue weighted by molar-refractivity contribution is 5.15. The second-order valence-electron chi connectivity index (χ2n) is 4.80. The van der Waals surface area contributed by atoms with Crippen LogP contribution >= 0.6 is 0 Å². The number of methoxy groups -OCH3 is 1. The number of hydrogen-bond donors (Lipinski definition) is 1. The Morgan fingerprint density at radius 3 is 2.83 bits per heavy atom. The predicted octanol–water partition coefficient (Wildman–Crippen LogP) is 3.54. The van der Waals surface area contributed by atoms with Crippen molar-refractivity contribution in [2.45, 2.75) is 58.5 Å². The fourth-order valence-corrected chi connectivity index (χ4v) is 1.93. The summed E-state index contributed by atoms with van der Waals surface area (Å²) in [5.41, 5.74) is 1.04. The van der Waals surface area contributed by atoms with E-state index in [-0.39, 0.29) is 0 Å². The van der Waals surface area contributed by atoms with Gasteiger partial charge in [-0.3, -0.25) is 0 Å². The van der Waals surface area contributed by atoms with Crippen LogP contribution in [0.5, 0.6) is 5.88 Å². The highest BCUT2D eigenvalue weighted by Crippen LogP contribution is 2.08. The van der Waals surface area contributed by atoms with Crippen molar-refractivity contribution in [3.63, 3.8) is 0 Å². The van der Waals surface area contributed by atoms with Gasteiger partial charge in [0.2, 0.25) is 5.88 Å². The minimum atomic E-state index is 0.551. The van der Waals surface area contributed by atoms with Crippen LogP contribution in [0.25, 0.3) is 0 Å². The molecular formula is C15H26N2O. The Labute approximate surface area is 111 Å². The van der Waals surface area contributed by atoms with E-state index in [4.69, 9.17) is 4.74 Å². The zero-order valence-corrected chi connectivity index (χ0v) is 11.9. The van der Waals surface area contributed by atoms with E-state index in [0.29, 0.717) is 11.9 Å². The van der Waals surface area contributed by atoms with Crippen molar-refractivity contribution in [1.82, 2.24) is 10.3 Å². The maximum atomic E-state index is 5.11. The molecule has 1 rings (SSSR count). The van der Waals surface area contributed by atoms with Crippen molar-refractivity contribution in [3.05, 3.63) is 23.9 Å². The minimum absolute atomic E-state index is 0.551. The van der Waals surface area contributed by atoms with Gasteiger partial charge in [-0.1, -0.05) is 38.7 Å². The number of hydrogen-bond acceptors (Lipinski definition) is 3. The molecule has 1 heterocycles. The molecule has 0 fully saturated rings. The van der Waals surface area contributed by atoms with Gasteiger partial charge in [-0.05, 0) is 19.4 Å². The van der Waals surface area contributed by atoms with E-state index in [9.17, 15) is 0 Å². The zero-order chi connectivity index (χ0) is 13.2. The average Bonchev–Trinajstić information content (AvgIpc) is 2.41. The van der Waals surface area contributed by atoms with E-state index < -0.39 is 0 Å². The Balaban J connectivity index is 2.22. The molecule has 0 saturated heterocycles. The fraction of sp³-hybridized carbons (Fsp3) is 0.667. The number of nitrogens with zero attached hydrogens (tertiary/aromatic N) is 1. The first-order valence-electron chi connectivity index (χ1n) is 6.99. The lowest BCUT2D eigenvalue weighted by molar-refractivity contribution is 0.394. The second-order valence-corrected chi connectivity index (χ2v) is 4.80. The van der Waals surface area contributed by atoms with E-state index in [0.717, 1.165) is 12.2 Å². The highest BCUT2D eigenvalue weighted by Gasteiger charge is 2.03. The molecule has 0 spiro atoms. The summed E-state index contributed by atoms with van der Waals surface area (Å²) >= 11 is 0. The fourth-order valence-electron chi connectivity index (χ4n) is 1.93. The number of ether oxygens (including phenoxy) is 1. The van der Waals surface area contributed by atoms with E-state index in [1.807, 2.05) is 18.2 Å². The van der Waals surface area contributed by atoms with Gasteiger partial charge in [-0.15, -0.1) is 0 Å². The molecule has 0 aliphatic carbocycles. The van der Waals surface area contributed by atoms with Gasteiger partial charge >= 0.3 is 0 Å². The number of rotatable bonds is 9. The van der Waals surface area contributed by atoms with E-state index >= 15 is 0 Å². The van der Waals surface area contributed by atoms with Crippen molar-refractivity contribution >= 4 is 0 Å². The Kier molecular flexibility index (Phi) is 7.42. The van der Waals surface area contributed by atoms with Crippen LogP contribution in [0, 0.1) is 0 Å². The Morgan fingerprint density at radius 2 is 2.11 bits per heavy atom.